The van der Waals surface area contributed by atoms with Gasteiger partial charge in [-0.15, -0.1) is 0 Å². The van der Waals surface area contributed by atoms with Crippen LogP contribution in [0.15, 0.2) is 29.3 Å². The van der Waals surface area contributed by atoms with Gasteiger partial charge in [0.1, 0.15) is 0 Å². The Hall–Kier alpha value is -1.51. The zero-order valence-electron chi connectivity index (χ0n) is 12.1. The molecule has 0 saturated heterocycles. The van der Waals surface area contributed by atoms with Gasteiger partial charge in [-0.2, -0.15) is 0 Å². The van der Waals surface area contributed by atoms with Crippen LogP contribution < -0.4 is 11.1 Å². The topological polar surface area (TPSA) is 50.4 Å². The highest BCUT2D eigenvalue weighted by atomic mass is 15.1. The molecule has 3 N–H and O–H groups in total. The molecule has 100 valence electrons. The largest absolute Gasteiger partial charge is 0.370 e. The molecule has 1 rings (SSSR count). The van der Waals surface area contributed by atoms with Crippen molar-refractivity contribution in [2.45, 2.75) is 46.1 Å². The van der Waals surface area contributed by atoms with Gasteiger partial charge in [0.15, 0.2) is 5.96 Å². The highest BCUT2D eigenvalue weighted by molar-refractivity contribution is 5.78. The first kappa shape index (κ1) is 14.6. The molecule has 0 unspecified atom stereocenters. The fourth-order valence-corrected chi connectivity index (χ4v) is 1.72. The van der Waals surface area contributed by atoms with E-state index in [0.29, 0.717) is 18.5 Å². The smallest absolute Gasteiger partial charge is 0.188 e. The summed E-state index contributed by atoms with van der Waals surface area (Å²) in [6.07, 6.45) is 0. The predicted octanol–water partition coefficient (Wildman–Crippen LogP) is 2.59. The van der Waals surface area contributed by atoms with Crippen molar-refractivity contribution in [1.29, 1.82) is 0 Å². The Morgan fingerprint density at radius 3 is 2.33 bits per heavy atom. The molecule has 0 spiro atoms. The summed E-state index contributed by atoms with van der Waals surface area (Å²) in [4.78, 5) is 4.42. The number of nitrogens with one attached hydrogen (secondary N) is 1. The summed E-state index contributed by atoms with van der Waals surface area (Å²) in [6.45, 7) is 11.2. The molecule has 0 aliphatic rings. The highest BCUT2D eigenvalue weighted by Crippen LogP contribution is 2.23. The van der Waals surface area contributed by atoms with Gasteiger partial charge < -0.3 is 11.1 Å². The summed E-state index contributed by atoms with van der Waals surface area (Å²) in [5, 5.41) is 3.10. The highest BCUT2D eigenvalue weighted by Gasteiger charge is 2.20. The Labute approximate surface area is 111 Å². The molecular formula is C15H25N3. The quantitative estimate of drug-likeness (QED) is 0.634. The molecule has 0 aliphatic heterocycles. The first-order chi connectivity index (χ1) is 8.31. The van der Waals surface area contributed by atoms with Crippen molar-refractivity contribution in [3.63, 3.8) is 0 Å². The Morgan fingerprint density at radius 2 is 1.83 bits per heavy atom. The van der Waals surface area contributed by atoms with E-state index in [9.17, 15) is 0 Å². The van der Waals surface area contributed by atoms with Crippen molar-refractivity contribution in [3.05, 3.63) is 35.4 Å². The molecule has 0 saturated carbocycles. The van der Waals surface area contributed by atoms with Gasteiger partial charge in [-0.1, -0.05) is 43.7 Å². The van der Waals surface area contributed by atoms with Crippen LogP contribution in [0, 0.1) is 6.92 Å². The maximum atomic E-state index is 5.82. The monoisotopic (exact) mass is 247 g/mol. The van der Waals surface area contributed by atoms with Gasteiger partial charge in [0.2, 0.25) is 0 Å². The second-order valence-electron chi connectivity index (χ2n) is 5.75. The molecule has 0 heterocycles. The molecule has 0 aromatic heterocycles. The maximum Gasteiger partial charge on any atom is 0.188 e. The number of rotatable bonds is 4. The van der Waals surface area contributed by atoms with E-state index in [-0.39, 0.29) is 5.41 Å². The van der Waals surface area contributed by atoms with E-state index >= 15 is 0 Å². The number of nitrogens with two attached hydrogens (primary N) is 1. The Morgan fingerprint density at radius 1 is 1.28 bits per heavy atom. The van der Waals surface area contributed by atoms with Crippen molar-refractivity contribution in [3.8, 4) is 0 Å². The summed E-state index contributed by atoms with van der Waals surface area (Å²) in [5.74, 6) is 0.519. The van der Waals surface area contributed by atoms with Crippen LogP contribution in [0.3, 0.4) is 0 Å². The zero-order valence-corrected chi connectivity index (χ0v) is 12.1. The normalized spacial score (nSPS) is 12.9. The molecule has 0 amide bonds. The lowest BCUT2D eigenvalue weighted by Gasteiger charge is -2.23. The summed E-state index contributed by atoms with van der Waals surface area (Å²) >= 11 is 0. The van der Waals surface area contributed by atoms with Crippen molar-refractivity contribution < 1.29 is 0 Å². The van der Waals surface area contributed by atoms with Crippen LogP contribution in [0.25, 0.3) is 0 Å². The lowest BCUT2D eigenvalue weighted by Crippen LogP contribution is -2.38. The summed E-state index contributed by atoms with van der Waals surface area (Å²) in [6, 6.07) is 8.91. The van der Waals surface area contributed by atoms with Crippen molar-refractivity contribution in [2.24, 2.45) is 10.7 Å². The fourth-order valence-electron chi connectivity index (χ4n) is 1.72. The zero-order chi connectivity index (χ0) is 13.8. The average molecular weight is 247 g/mol. The third-order valence-corrected chi connectivity index (χ3v) is 2.91. The van der Waals surface area contributed by atoms with Crippen LogP contribution in [0.1, 0.15) is 38.8 Å². The number of guanidine groups is 1. The molecule has 0 atom stereocenters. The Kier molecular flexibility index (Phi) is 4.76. The van der Waals surface area contributed by atoms with E-state index in [1.165, 1.54) is 11.1 Å². The lowest BCUT2D eigenvalue weighted by atomic mass is 9.84. The average Bonchev–Trinajstić information content (AvgIpc) is 2.26. The number of aryl methyl sites for hydroxylation is 1. The van der Waals surface area contributed by atoms with Gasteiger partial charge in [0.25, 0.3) is 0 Å². The van der Waals surface area contributed by atoms with Crippen molar-refractivity contribution in [1.82, 2.24) is 5.32 Å². The Bertz CT molecular complexity index is 402. The van der Waals surface area contributed by atoms with Crippen LogP contribution >= 0.6 is 0 Å². The predicted molar refractivity (Wildman–Crippen MR) is 79.0 cm³/mol. The lowest BCUT2D eigenvalue weighted by molar-refractivity contribution is 0.537. The van der Waals surface area contributed by atoms with Gasteiger partial charge >= 0.3 is 0 Å². The molecule has 3 heteroatoms. The number of hydrogen-bond donors (Lipinski definition) is 2. The van der Waals surface area contributed by atoms with Crippen molar-refractivity contribution in [2.75, 3.05) is 6.54 Å². The number of hydrogen-bond acceptors (Lipinski definition) is 1. The minimum Gasteiger partial charge on any atom is -0.370 e. The van der Waals surface area contributed by atoms with Gasteiger partial charge in [-0.05, 0) is 26.3 Å². The van der Waals surface area contributed by atoms with Gasteiger partial charge in [-0.3, -0.25) is 4.99 Å². The molecule has 0 aliphatic carbocycles. The molecule has 1 aromatic rings. The summed E-state index contributed by atoms with van der Waals surface area (Å²) < 4.78 is 0. The Balaban J connectivity index is 2.72. The molecule has 0 radical (unpaired) electrons. The molecule has 18 heavy (non-hydrogen) atoms. The van der Waals surface area contributed by atoms with E-state index in [0.717, 1.165) is 0 Å². The van der Waals surface area contributed by atoms with Gasteiger partial charge in [0, 0.05) is 11.5 Å². The van der Waals surface area contributed by atoms with Crippen LogP contribution in [0.5, 0.6) is 0 Å². The van der Waals surface area contributed by atoms with Gasteiger partial charge in [0.05, 0.1) is 6.54 Å². The molecule has 0 fully saturated rings. The number of benzene rings is 1. The minimum atomic E-state index is -0.00300. The summed E-state index contributed by atoms with van der Waals surface area (Å²) in [5.41, 5.74) is 8.38. The standard InChI is InChI=1S/C15H25N3/c1-11(2)18-14(16)17-10-15(4,5)13-8-6-12(3)7-9-13/h6-9,11H,10H2,1-5H3,(H3,16,17,18). The first-order valence-electron chi connectivity index (χ1n) is 6.45. The van der Waals surface area contributed by atoms with E-state index in [2.05, 4.69) is 55.3 Å². The van der Waals surface area contributed by atoms with E-state index < -0.39 is 0 Å². The van der Waals surface area contributed by atoms with E-state index in [1.54, 1.807) is 0 Å². The second-order valence-corrected chi connectivity index (χ2v) is 5.75. The first-order valence-corrected chi connectivity index (χ1v) is 6.45. The van der Waals surface area contributed by atoms with Crippen LogP contribution in [0.4, 0.5) is 0 Å². The third kappa shape index (κ3) is 4.40. The minimum absolute atomic E-state index is 0.00300. The van der Waals surface area contributed by atoms with Crippen LogP contribution in [-0.4, -0.2) is 18.5 Å². The van der Waals surface area contributed by atoms with Crippen LogP contribution in [0.2, 0.25) is 0 Å². The van der Waals surface area contributed by atoms with Crippen molar-refractivity contribution >= 4 is 5.96 Å². The molecule has 0 bridgehead atoms. The molecule has 1 aromatic carbocycles. The fraction of sp³-hybridized carbons (Fsp3) is 0.533. The summed E-state index contributed by atoms with van der Waals surface area (Å²) in [7, 11) is 0. The maximum absolute atomic E-state index is 5.82. The van der Waals surface area contributed by atoms with E-state index in [1.807, 2.05) is 13.8 Å². The van der Waals surface area contributed by atoms with Gasteiger partial charge in [-0.25, -0.2) is 0 Å². The van der Waals surface area contributed by atoms with Crippen LogP contribution in [-0.2, 0) is 5.41 Å². The number of nitrogens with zero attached hydrogens (tertiary/aromatic N) is 1. The molecule has 3 nitrogen and oxygen atoms in total. The molecular weight excluding hydrogens is 222 g/mol. The SMILES string of the molecule is Cc1ccc(C(C)(C)CN=C(N)NC(C)C)cc1. The number of aliphatic imine (C=N–C) groups is 1. The third-order valence-electron chi connectivity index (χ3n) is 2.91. The second kappa shape index (κ2) is 5.89. The van der Waals surface area contributed by atoms with E-state index in [4.69, 9.17) is 5.73 Å².